The average Bonchev–Trinajstić information content (AvgIpc) is 2.19. The number of hydrazine groups is 1. The maximum atomic E-state index is 11.7. The molecule has 4 nitrogen and oxygen atoms in total. The Balaban J connectivity index is 2.32. The maximum Gasteiger partial charge on any atom is 0.402 e. The predicted octanol–water partition coefficient (Wildman–Crippen LogP) is 2.53. The van der Waals surface area contributed by atoms with Crippen molar-refractivity contribution in [1.82, 2.24) is 10.9 Å². The van der Waals surface area contributed by atoms with Gasteiger partial charge in [0, 0.05) is 10.7 Å². The zero-order valence-corrected chi connectivity index (χ0v) is 9.19. The number of hydrogen-bond donors (Lipinski definition) is 3. The first-order valence-electron chi connectivity index (χ1n) is 4.49. The number of carbonyl (C=O) groups is 1. The van der Waals surface area contributed by atoms with Crippen LogP contribution < -0.4 is 16.2 Å². The standard InChI is InChI=1S/C9H9ClF3N3O/c10-6-1-3-7(4-2-6)15-8(17)16-14-5-9(11,12)13/h1-4,14H,5H2,(H2,15,16,17). The first-order valence-corrected chi connectivity index (χ1v) is 4.87. The first-order chi connectivity index (χ1) is 7.87. The highest BCUT2D eigenvalue weighted by molar-refractivity contribution is 6.30. The molecule has 0 bridgehead atoms. The molecular weight excluding hydrogens is 259 g/mol. The van der Waals surface area contributed by atoms with Gasteiger partial charge >= 0.3 is 12.2 Å². The van der Waals surface area contributed by atoms with Crippen molar-refractivity contribution in [2.45, 2.75) is 6.18 Å². The number of benzene rings is 1. The summed E-state index contributed by atoms with van der Waals surface area (Å²) in [5.41, 5.74) is 4.01. The normalized spacial score (nSPS) is 11.1. The Hall–Kier alpha value is -1.47. The van der Waals surface area contributed by atoms with Gasteiger partial charge in [0.2, 0.25) is 0 Å². The molecule has 0 saturated heterocycles. The number of carbonyl (C=O) groups excluding carboxylic acids is 1. The Morgan fingerprint density at radius 1 is 1.24 bits per heavy atom. The van der Waals surface area contributed by atoms with E-state index in [2.05, 4.69) is 5.32 Å². The fraction of sp³-hybridized carbons (Fsp3) is 0.222. The largest absolute Gasteiger partial charge is 0.402 e. The molecule has 94 valence electrons. The Bertz CT molecular complexity index is 380. The highest BCUT2D eigenvalue weighted by atomic mass is 35.5. The minimum Gasteiger partial charge on any atom is -0.307 e. The fourth-order valence-corrected chi connectivity index (χ4v) is 1.05. The molecule has 2 amide bonds. The number of urea groups is 1. The molecule has 0 aliphatic carbocycles. The average molecular weight is 268 g/mol. The van der Waals surface area contributed by atoms with Crippen LogP contribution in [0, 0.1) is 0 Å². The number of rotatable bonds is 3. The van der Waals surface area contributed by atoms with Crippen LogP contribution in [0.5, 0.6) is 0 Å². The van der Waals surface area contributed by atoms with Crippen molar-refractivity contribution in [3.63, 3.8) is 0 Å². The highest BCUT2D eigenvalue weighted by Crippen LogP contribution is 2.13. The first kappa shape index (κ1) is 13.6. The molecule has 0 saturated carbocycles. The molecule has 0 unspecified atom stereocenters. The number of halogens is 4. The summed E-state index contributed by atoms with van der Waals surface area (Å²) in [4.78, 5) is 11.1. The summed E-state index contributed by atoms with van der Waals surface area (Å²) in [7, 11) is 0. The van der Waals surface area contributed by atoms with E-state index in [0.717, 1.165) is 0 Å². The van der Waals surface area contributed by atoms with Crippen molar-refractivity contribution in [2.75, 3.05) is 11.9 Å². The van der Waals surface area contributed by atoms with Crippen molar-refractivity contribution in [3.05, 3.63) is 29.3 Å². The zero-order chi connectivity index (χ0) is 12.9. The second-order valence-electron chi connectivity index (χ2n) is 3.05. The molecule has 0 fully saturated rings. The van der Waals surface area contributed by atoms with E-state index in [4.69, 9.17) is 11.6 Å². The highest BCUT2D eigenvalue weighted by Gasteiger charge is 2.26. The third kappa shape index (κ3) is 5.98. The van der Waals surface area contributed by atoms with E-state index in [1.807, 2.05) is 5.43 Å². The summed E-state index contributed by atoms with van der Waals surface area (Å²) in [6, 6.07) is 5.33. The van der Waals surface area contributed by atoms with Crippen LogP contribution in [-0.2, 0) is 0 Å². The van der Waals surface area contributed by atoms with Gasteiger partial charge in [0.15, 0.2) is 0 Å². The van der Waals surface area contributed by atoms with Gasteiger partial charge in [-0.15, -0.1) is 0 Å². The van der Waals surface area contributed by atoms with Gasteiger partial charge in [-0.3, -0.25) is 5.43 Å². The third-order valence-corrected chi connectivity index (χ3v) is 1.84. The molecule has 0 radical (unpaired) electrons. The molecule has 0 atom stereocenters. The Morgan fingerprint density at radius 2 is 1.82 bits per heavy atom. The van der Waals surface area contributed by atoms with E-state index in [1.54, 1.807) is 17.6 Å². The molecule has 0 spiro atoms. The minimum atomic E-state index is -4.38. The molecule has 0 aliphatic heterocycles. The molecule has 0 heterocycles. The topological polar surface area (TPSA) is 53.2 Å². The molecular formula is C9H9ClF3N3O. The molecule has 1 rings (SSSR count). The number of nitrogens with one attached hydrogen (secondary N) is 3. The lowest BCUT2D eigenvalue weighted by Crippen LogP contribution is -2.44. The van der Waals surface area contributed by atoms with Gasteiger partial charge in [-0.05, 0) is 24.3 Å². The van der Waals surface area contributed by atoms with Gasteiger partial charge in [-0.25, -0.2) is 10.2 Å². The van der Waals surface area contributed by atoms with Crippen molar-refractivity contribution < 1.29 is 18.0 Å². The van der Waals surface area contributed by atoms with Gasteiger partial charge in [-0.1, -0.05) is 11.6 Å². The van der Waals surface area contributed by atoms with Crippen LogP contribution >= 0.6 is 11.6 Å². The molecule has 8 heteroatoms. The van der Waals surface area contributed by atoms with Crippen LogP contribution in [0.2, 0.25) is 5.02 Å². The quantitative estimate of drug-likeness (QED) is 0.737. The zero-order valence-electron chi connectivity index (χ0n) is 8.44. The van der Waals surface area contributed by atoms with E-state index in [0.29, 0.717) is 10.7 Å². The fourth-order valence-electron chi connectivity index (χ4n) is 0.920. The summed E-state index contributed by atoms with van der Waals surface area (Å²) in [5, 5.41) is 2.81. The van der Waals surface area contributed by atoms with Crippen LogP contribution in [-0.4, -0.2) is 18.8 Å². The Morgan fingerprint density at radius 3 is 2.35 bits per heavy atom. The molecule has 0 aromatic heterocycles. The molecule has 1 aromatic carbocycles. The summed E-state index contributed by atoms with van der Waals surface area (Å²) < 4.78 is 35.2. The van der Waals surface area contributed by atoms with Gasteiger partial charge < -0.3 is 5.32 Å². The van der Waals surface area contributed by atoms with Crippen LogP contribution in [0.3, 0.4) is 0 Å². The van der Waals surface area contributed by atoms with Crippen molar-refractivity contribution >= 4 is 23.3 Å². The van der Waals surface area contributed by atoms with E-state index < -0.39 is 18.8 Å². The number of hydrogen-bond acceptors (Lipinski definition) is 2. The predicted molar refractivity (Wildman–Crippen MR) is 57.7 cm³/mol. The maximum absolute atomic E-state index is 11.7. The summed E-state index contributed by atoms with van der Waals surface area (Å²) in [6.45, 7) is -1.30. The molecule has 1 aromatic rings. The van der Waals surface area contributed by atoms with E-state index in [1.165, 1.54) is 12.1 Å². The number of anilines is 1. The summed E-state index contributed by atoms with van der Waals surface area (Å²) in [6.07, 6.45) is -4.38. The van der Waals surface area contributed by atoms with Crippen LogP contribution in [0.25, 0.3) is 0 Å². The van der Waals surface area contributed by atoms with Crippen LogP contribution in [0.4, 0.5) is 23.7 Å². The van der Waals surface area contributed by atoms with Crippen molar-refractivity contribution in [1.29, 1.82) is 0 Å². The number of amides is 2. The Labute approximate surface area is 100 Å². The second kappa shape index (κ2) is 5.74. The lowest BCUT2D eigenvalue weighted by molar-refractivity contribution is -0.125. The summed E-state index contributed by atoms with van der Waals surface area (Å²) in [5.74, 6) is 0. The number of alkyl halides is 3. The Kier molecular flexibility index (Phi) is 4.59. The molecule has 17 heavy (non-hydrogen) atoms. The van der Waals surface area contributed by atoms with Gasteiger partial charge in [-0.2, -0.15) is 13.2 Å². The van der Waals surface area contributed by atoms with Crippen molar-refractivity contribution in [2.24, 2.45) is 0 Å². The van der Waals surface area contributed by atoms with Gasteiger partial charge in [0.1, 0.15) is 6.54 Å². The van der Waals surface area contributed by atoms with Crippen molar-refractivity contribution in [3.8, 4) is 0 Å². The van der Waals surface area contributed by atoms with E-state index in [-0.39, 0.29) is 0 Å². The van der Waals surface area contributed by atoms with Crippen LogP contribution in [0.15, 0.2) is 24.3 Å². The second-order valence-corrected chi connectivity index (χ2v) is 3.49. The van der Waals surface area contributed by atoms with Gasteiger partial charge in [0.25, 0.3) is 0 Å². The third-order valence-electron chi connectivity index (χ3n) is 1.59. The minimum absolute atomic E-state index is 0.417. The van der Waals surface area contributed by atoms with E-state index >= 15 is 0 Å². The summed E-state index contributed by atoms with van der Waals surface area (Å²) >= 11 is 5.62. The lowest BCUT2D eigenvalue weighted by Gasteiger charge is -2.10. The van der Waals surface area contributed by atoms with E-state index in [9.17, 15) is 18.0 Å². The lowest BCUT2D eigenvalue weighted by atomic mass is 10.3. The SMILES string of the molecule is O=C(NNCC(F)(F)F)Nc1ccc(Cl)cc1. The van der Waals surface area contributed by atoms with Gasteiger partial charge in [0.05, 0.1) is 0 Å². The smallest absolute Gasteiger partial charge is 0.307 e. The van der Waals surface area contributed by atoms with Crippen LogP contribution in [0.1, 0.15) is 0 Å². The molecule has 3 N–H and O–H groups in total. The molecule has 0 aliphatic rings. The monoisotopic (exact) mass is 267 g/mol.